The molecule has 5 heteroatoms. The summed E-state index contributed by atoms with van der Waals surface area (Å²) in [7, 11) is 0. The van der Waals surface area contributed by atoms with Crippen molar-refractivity contribution in [1.82, 2.24) is 10.9 Å². The van der Waals surface area contributed by atoms with E-state index >= 15 is 0 Å². The summed E-state index contributed by atoms with van der Waals surface area (Å²) in [6.07, 6.45) is 2.12. The minimum absolute atomic E-state index is 0.0959. The van der Waals surface area contributed by atoms with Crippen molar-refractivity contribution in [3.8, 4) is 0 Å². The van der Waals surface area contributed by atoms with Gasteiger partial charge in [-0.05, 0) is 38.2 Å². The summed E-state index contributed by atoms with van der Waals surface area (Å²) in [5, 5.41) is 0.894. The van der Waals surface area contributed by atoms with E-state index in [4.69, 9.17) is 4.42 Å². The van der Waals surface area contributed by atoms with E-state index in [1.807, 2.05) is 45.0 Å². The Morgan fingerprint density at radius 2 is 1.84 bits per heavy atom. The van der Waals surface area contributed by atoms with Crippen LogP contribution < -0.4 is 10.9 Å². The molecule has 1 aromatic heterocycles. The fraction of sp³-hybridized carbons (Fsp3) is 0.400. The molecule has 1 aliphatic rings. The lowest BCUT2D eigenvalue weighted by Crippen LogP contribution is -2.43. The zero-order valence-electron chi connectivity index (χ0n) is 15.3. The van der Waals surface area contributed by atoms with Crippen LogP contribution in [0.3, 0.4) is 0 Å². The highest BCUT2D eigenvalue weighted by molar-refractivity contribution is 5.99. The Morgan fingerprint density at radius 1 is 1.16 bits per heavy atom. The molecule has 2 unspecified atom stereocenters. The summed E-state index contributed by atoms with van der Waals surface area (Å²) < 4.78 is 5.61. The van der Waals surface area contributed by atoms with E-state index in [0.717, 1.165) is 10.9 Å². The molecule has 1 aromatic carbocycles. The summed E-state index contributed by atoms with van der Waals surface area (Å²) in [6, 6.07) is 7.47. The number of benzene rings is 1. The number of para-hydroxylation sites is 1. The van der Waals surface area contributed by atoms with Gasteiger partial charge in [0.2, 0.25) is 5.91 Å². The molecule has 1 fully saturated rings. The number of hydrogen-bond acceptors (Lipinski definition) is 3. The van der Waals surface area contributed by atoms with Crippen LogP contribution in [0.25, 0.3) is 11.0 Å². The van der Waals surface area contributed by atoms with Crippen molar-refractivity contribution in [3.63, 3.8) is 0 Å². The molecule has 2 atom stereocenters. The van der Waals surface area contributed by atoms with Crippen molar-refractivity contribution in [2.75, 3.05) is 0 Å². The first kappa shape index (κ1) is 17.3. The molecule has 2 N–H and O–H groups in total. The third-order valence-electron chi connectivity index (χ3n) is 5.06. The fourth-order valence-electron chi connectivity index (χ4n) is 3.49. The number of furan rings is 1. The number of nitrogens with one attached hydrogen (secondary N) is 2. The van der Waals surface area contributed by atoms with Crippen LogP contribution in [0, 0.1) is 24.2 Å². The second-order valence-corrected chi connectivity index (χ2v) is 7.56. The van der Waals surface area contributed by atoms with Gasteiger partial charge >= 0.3 is 5.91 Å². The summed E-state index contributed by atoms with van der Waals surface area (Å²) in [5.41, 5.74) is 7.54. The Hall–Kier alpha value is -2.56. The molecule has 132 valence electrons. The average molecular weight is 340 g/mol. The Morgan fingerprint density at radius 3 is 2.48 bits per heavy atom. The fourth-order valence-corrected chi connectivity index (χ4v) is 3.49. The zero-order chi connectivity index (χ0) is 18.4. The van der Waals surface area contributed by atoms with Gasteiger partial charge in [0.25, 0.3) is 0 Å². The van der Waals surface area contributed by atoms with Gasteiger partial charge in [-0.3, -0.25) is 20.4 Å². The third-order valence-corrected chi connectivity index (χ3v) is 5.06. The van der Waals surface area contributed by atoms with Gasteiger partial charge in [-0.25, -0.2) is 0 Å². The van der Waals surface area contributed by atoms with E-state index in [1.54, 1.807) is 0 Å². The number of carbonyl (C=O) groups is 2. The van der Waals surface area contributed by atoms with Crippen molar-refractivity contribution in [2.24, 2.45) is 17.3 Å². The lowest BCUT2D eigenvalue weighted by atomic mass is 10.1. The van der Waals surface area contributed by atoms with Gasteiger partial charge in [0.05, 0.1) is 5.92 Å². The highest BCUT2D eigenvalue weighted by Crippen LogP contribution is 2.59. The topological polar surface area (TPSA) is 71.3 Å². The average Bonchev–Trinajstić information content (AvgIpc) is 2.92. The van der Waals surface area contributed by atoms with Crippen molar-refractivity contribution < 1.29 is 14.0 Å². The van der Waals surface area contributed by atoms with Crippen LogP contribution in [0.15, 0.2) is 40.3 Å². The molecular formula is C20H24N2O3. The number of hydrazine groups is 1. The van der Waals surface area contributed by atoms with Crippen LogP contribution in [0.5, 0.6) is 0 Å². The second-order valence-electron chi connectivity index (χ2n) is 7.56. The number of fused-ring (bicyclic) bond motifs is 1. The molecule has 1 aliphatic carbocycles. The molecule has 2 amide bonds. The Bertz CT molecular complexity index is 872. The molecule has 1 heterocycles. The molecule has 5 nitrogen and oxygen atoms in total. The maximum Gasteiger partial charge on any atom is 0.305 e. The van der Waals surface area contributed by atoms with E-state index in [9.17, 15) is 9.59 Å². The quantitative estimate of drug-likeness (QED) is 0.660. The number of aryl methyl sites for hydroxylation is 1. The number of amides is 2. The van der Waals surface area contributed by atoms with Gasteiger partial charge in [0.1, 0.15) is 5.58 Å². The third kappa shape index (κ3) is 3.06. The van der Waals surface area contributed by atoms with E-state index in [0.29, 0.717) is 5.58 Å². The summed E-state index contributed by atoms with van der Waals surface area (Å²) in [4.78, 5) is 24.8. The van der Waals surface area contributed by atoms with Gasteiger partial charge in [-0.1, -0.05) is 43.7 Å². The first-order valence-electron chi connectivity index (χ1n) is 8.47. The number of rotatable bonds is 3. The predicted octanol–water partition coefficient (Wildman–Crippen LogP) is 3.74. The molecule has 0 spiro atoms. The maximum absolute atomic E-state index is 12.4. The first-order chi connectivity index (χ1) is 11.7. The Kier molecular flexibility index (Phi) is 4.19. The van der Waals surface area contributed by atoms with Gasteiger partial charge in [0.15, 0.2) is 5.76 Å². The van der Waals surface area contributed by atoms with Crippen LogP contribution in [0.2, 0.25) is 0 Å². The second kappa shape index (κ2) is 6.06. The normalized spacial score (nSPS) is 20.8. The van der Waals surface area contributed by atoms with Crippen LogP contribution in [0.4, 0.5) is 0 Å². The molecule has 0 bridgehead atoms. The Labute approximate surface area is 147 Å². The monoisotopic (exact) mass is 340 g/mol. The smallest absolute Gasteiger partial charge is 0.305 e. The highest BCUT2D eigenvalue weighted by atomic mass is 16.3. The van der Waals surface area contributed by atoms with Crippen molar-refractivity contribution in [1.29, 1.82) is 0 Å². The SMILES string of the molecule is CC(C)=CC1C(C(=O)NNC(=O)c2oc3ccccc3c2C)C1(C)C. The van der Waals surface area contributed by atoms with Crippen LogP contribution in [-0.4, -0.2) is 11.8 Å². The van der Waals surface area contributed by atoms with Gasteiger partial charge < -0.3 is 4.42 Å². The predicted molar refractivity (Wildman–Crippen MR) is 96.8 cm³/mol. The molecule has 2 aromatic rings. The molecule has 0 saturated heterocycles. The molecule has 0 radical (unpaired) electrons. The van der Waals surface area contributed by atoms with Crippen molar-refractivity contribution in [3.05, 3.63) is 47.2 Å². The zero-order valence-corrected chi connectivity index (χ0v) is 15.3. The Balaban J connectivity index is 1.67. The van der Waals surface area contributed by atoms with Gasteiger partial charge in [-0.2, -0.15) is 0 Å². The van der Waals surface area contributed by atoms with Crippen molar-refractivity contribution >= 4 is 22.8 Å². The van der Waals surface area contributed by atoms with Gasteiger partial charge in [0, 0.05) is 10.9 Å². The summed E-state index contributed by atoms with van der Waals surface area (Å²) in [5.74, 6) is -0.340. The maximum atomic E-state index is 12.4. The number of allylic oxidation sites excluding steroid dienone is 2. The lowest BCUT2D eigenvalue weighted by molar-refractivity contribution is -0.123. The molecule has 0 aliphatic heterocycles. The first-order valence-corrected chi connectivity index (χ1v) is 8.47. The highest BCUT2D eigenvalue weighted by Gasteiger charge is 2.60. The van der Waals surface area contributed by atoms with Gasteiger partial charge in [-0.15, -0.1) is 0 Å². The minimum atomic E-state index is -0.445. The van der Waals surface area contributed by atoms with E-state index in [2.05, 4.69) is 30.8 Å². The molecule has 3 rings (SSSR count). The van der Waals surface area contributed by atoms with Crippen molar-refractivity contribution in [2.45, 2.75) is 34.6 Å². The lowest BCUT2D eigenvalue weighted by Gasteiger charge is -2.07. The van der Waals surface area contributed by atoms with E-state index < -0.39 is 5.91 Å². The molecule has 25 heavy (non-hydrogen) atoms. The number of hydrogen-bond donors (Lipinski definition) is 2. The minimum Gasteiger partial charge on any atom is -0.451 e. The van der Waals surface area contributed by atoms with Crippen LogP contribution in [0.1, 0.15) is 43.8 Å². The summed E-state index contributed by atoms with van der Waals surface area (Å²) >= 11 is 0. The van der Waals surface area contributed by atoms with E-state index in [1.165, 1.54) is 5.57 Å². The van der Waals surface area contributed by atoms with E-state index in [-0.39, 0.29) is 28.9 Å². The summed E-state index contributed by atoms with van der Waals surface area (Å²) in [6.45, 7) is 10.0. The largest absolute Gasteiger partial charge is 0.451 e. The molecule has 1 saturated carbocycles. The number of carbonyl (C=O) groups excluding carboxylic acids is 2. The standard InChI is InChI=1S/C20H24N2O3/c1-11(2)10-14-16(20(14,4)5)18(23)21-22-19(24)17-12(3)13-8-6-7-9-15(13)25-17/h6-10,14,16H,1-5H3,(H,21,23)(H,22,24). The molecular weight excluding hydrogens is 316 g/mol. The van der Waals surface area contributed by atoms with Crippen LogP contribution >= 0.6 is 0 Å². The van der Waals surface area contributed by atoms with Crippen LogP contribution in [-0.2, 0) is 4.79 Å².